The van der Waals surface area contributed by atoms with Gasteiger partial charge >= 0.3 is 12.1 Å². The first-order chi connectivity index (χ1) is 16.1. The summed E-state index contributed by atoms with van der Waals surface area (Å²) < 4.78 is 0. The maximum Gasteiger partial charge on any atom is 0.329 e. The van der Waals surface area contributed by atoms with Crippen LogP contribution in [0.4, 0.5) is 21.0 Å². The molecule has 1 N–H and O–H groups in total. The average molecular weight is 443 g/mol. The summed E-state index contributed by atoms with van der Waals surface area (Å²) in [5.74, 6) is 0. The van der Waals surface area contributed by atoms with E-state index in [0.717, 1.165) is 23.4 Å². The molecule has 0 aliphatic carbocycles. The molecule has 3 aromatic rings. The van der Waals surface area contributed by atoms with Gasteiger partial charge in [0.25, 0.3) is 0 Å². The maximum absolute atomic E-state index is 13.6. The maximum atomic E-state index is 13.6. The third kappa shape index (κ3) is 5.71. The van der Waals surface area contributed by atoms with Crippen molar-refractivity contribution in [3.63, 3.8) is 0 Å². The standard InChI is InChI=1S/C27H30N4O2/c1-22-13-15-23(16-14-22)21-28-26(32)29-17-8-18-30(20-19-29)27(33)31(24-9-4-2-5-10-24)25-11-6-3-7-12-25/h2-7,9-16H,8,17-21H2,1H3,(H,28,32). The third-order valence-corrected chi connectivity index (χ3v) is 5.84. The molecule has 33 heavy (non-hydrogen) atoms. The molecule has 6 heteroatoms. The Morgan fingerprint density at radius 1 is 0.758 bits per heavy atom. The zero-order valence-corrected chi connectivity index (χ0v) is 19.0. The van der Waals surface area contributed by atoms with E-state index in [0.29, 0.717) is 32.7 Å². The lowest BCUT2D eigenvalue weighted by atomic mass is 10.1. The van der Waals surface area contributed by atoms with Gasteiger partial charge in [-0.1, -0.05) is 66.2 Å². The third-order valence-electron chi connectivity index (χ3n) is 5.84. The van der Waals surface area contributed by atoms with Crippen LogP contribution in [0.3, 0.4) is 0 Å². The molecule has 1 heterocycles. The lowest BCUT2D eigenvalue weighted by molar-refractivity contribution is 0.194. The van der Waals surface area contributed by atoms with Gasteiger partial charge in [0.15, 0.2) is 0 Å². The van der Waals surface area contributed by atoms with Crippen molar-refractivity contribution in [3.8, 4) is 0 Å². The molecular formula is C27H30N4O2. The van der Waals surface area contributed by atoms with Gasteiger partial charge in [0.05, 0.1) is 11.4 Å². The van der Waals surface area contributed by atoms with Crippen LogP contribution >= 0.6 is 0 Å². The second kappa shape index (κ2) is 10.7. The minimum Gasteiger partial charge on any atom is -0.334 e. The van der Waals surface area contributed by atoms with Gasteiger partial charge in [0, 0.05) is 32.7 Å². The van der Waals surface area contributed by atoms with Gasteiger partial charge in [0.1, 0.15) is 0 Å². The molecule has 0 radical (unpaired) electrons. The smallest absolute Gasteiger partial charge is 0.329 e. The Bertz CT molecular complexity index is 1010. The SMILES string of the molecule is Cc1ccc(CNC(=O)N2CCCN(C(=O)N(c3ccccc3)c3ccccc3)CC2)cc1. The van der Waals surface area contributed by atoms with E-state index in [2.05, 4.69) is 5.32 Å². The topological polar surface area (TPSA) is 55.9 Å². The highest BCUT2D eigenvalue weighted by Crippen LogP contribution is 2.27. The number of hydrogen-bond acceptors (Lipinski definition) is 2. The van der Waals surface area contributed by atoms with Gasteiger partial charge in [-0.05, 0) is 43.2 Å². The summed E-state index contributed by atoms with van der Waals surface area (Å²) in [6.45, 7) is 4.77. The zero-order valence-electron chi connectivity index (χ0n) is 19.0. The van der Waals surface area contributed by atoms with E-state index >= 15 is 0 Å². The van der Waals surface area contributed by atoms with Crippen LogP contribution in [-0.2, 0) is 6.54 Å². The molecule has 6 nitrogen and oxygen atoms in total. The highest BCUT2D eigenvalue weighted by Gasteiger charge is 2.27. The molecule has 0 unspecified atom stereocenters. The molecule has 1 aliphatic rings. The van der Waals surface area contributed by atoms with Crippen LogP contribution in [0, 0.1) is 6.92 Å². The quantitative estimate of drug-likeness (QED) is 0.606. The minimum atomic E-state index is -0.0900. The number of benzene rings is 3. The van der Waals surface area contributed by atoms with Gasteiger partial charge < -0.3 is 15.1 Å². The number of anilines is 2. The first kappa shape index (κ1) is 22.4. The van der Waals surface area contributed by atoms with E-state index in [4.69, 9.17) is 0 Å². The Hall–Kier alpha value is -3.80. The van der Waals surface area contributed by atoms with E-state index in [-0.39, 0.29) is 12.1 Å². The molecule has 0 spiro atoms. The average Bonchev–Trinajstić information content (AvgIpc) is 3.11. The van der Waals surface area contributed by atoms with Gasteiger partial charge in [-0.15, -0.1) is 0 Å². The van der Waals surface area contributed by atoms with E-state index < -0.39 is 0 Å². The predicted molar refractivity (Wildman–Crippen MR) is 132 cm³/mol. The van der Waals surface area contributed by atoms with Crippen LogP contribution in [0.2, 0.25) is 0 Å². The van der Waals surface area contributed by atoms with E-state index in [1.165, 1.54) is 5.56 Å². The molecule has 1 saturated heterocycles. The lowest BCUT2D eigenvalue weighted by Crippen LogP contribution is -2.44. The molecule has 0 atom stereocenters. The van der Waals surface area contributed by atoms with Crippen molar-refractivity contribution in [2.75, 3.05) is 31.1 Å². The second-order valence-electron chi connectivity index (χ2n) is 8.26. The summed E-state index contributed by atoms with van der Waals surface area (Å²) >= 11 is 0. The van der Waals surface area contributed by atoms with Crippen LogP contribution in [0.1, 0.15) is 17.5 Å². The van der Waals surface area contributed by atoms with E-state index in [9.17, 15) is 9.59 Å². The fourth-order valence-corrected chi connectivity index (χ4v) is 3.97. The number of para-hydroxylation sites is 2. The van der Waals surface area contributed by atoms with Crippen LogP contribution < -0.4 is 10.2 Å². The molecule has 1 aliphatic heterocycles. The monoisotopic (exact) mass is 442 g/mol. The Balaban J connectivity index is 1.41. The van der Waals surface area contributed by atoms with Crippen molar-refractivity contribution in [1.82, 2.24) is 15.1 Å². The van der Waals surface area contributed by atoms with Gasteiger partial charge in [-0.2, -0.15) is 0 Å². The summed E-state index contributed by atoms with van der Waals surface area (Å²) in [6, 6.07) is 27.3. The van der Waals surface area contributed by atoms with Gasteiger partial charge in [0.2, 0.25) is 0 Å². The first-order valence-electron chi connectivity index (χ1n) is 11.4. The van der Waals surface area contributed by atoms with E-state index in [1.807, 2.05) is 96.8 Å². The number of rotatable bonds is 4. The molecule has 0 aromatic heterocycles. The van der Waals surface area contributed by atoms with Crippen LogP contribution in [-0.4, -0.2) is 48.0 Å². The lowest BCUT2D eigenvalue weighted by Gasteiger charge is -2.30. The van der Waals surface area contributed by atoms with Gasteiger partial charge in [-0.3, -0.25) is 4.90 Å². The number of aryl methyl sites for hydroxylation is 1. The number of nitrogens with one attached hydrogen (secondary N) is 1. The fourth-order valence-electron chi connectivity index (χ4n) is 3.97. The normalized spacial score (nSPS) is 13.8. The molecular weight excluding hydrogens is 412 g/mol. The Morgan fingerprint density at radius 3 is 1.91 bits per heavy atom. The number of carbonyl (C=O) groups is 2. The highest BCUT2D eigenvalue weighted by atomic mass is 16.2. The zero-order chi connectivity index (χ0) is 23.0. The van der Waals surface area contributed by atoms with Gasteiger partial charge in [-0.25, -0.2) is 9.59 Å². The summed E-state index contributed by atoms with van der Waals surface area (Å²) in [6.07, 6.45) is 0.737. The summed E-state index contributed by atoms with van der Waals surface area (Å²) in [5, 5.41) is 3.01. The molecule has 3 aromatic carbocycles. The minimum absolute atomic E-state index is 0.0747. The highest BCUT2D eigenvalue weighted by molar-refractivity contribution is 5.99. The number of nitrogens with zero attached hydrogens (tertiary/aromatic N) is 3. The summed E-state index contributed by atoms with van der Waals surface area (Å²) in [4.78, 5) is 31.7. The molecule has 4 rings (SSSR count). The first-order valence-corrected chi connectivity index (χ1v) is 11.4. The number of amides is 4. The number of hydrogen-bond donors (Lipinski definition) is 1. The van der Waals surface area contributed by atoms with Crippen LogP contribution in [0.25, 0.3) is 0 Å². The molecule has 1 fully saturated rings. The van der Waals surface area contributed by atoms with Crippen molar-refractivity contribution >= 4 is 23.4 Å². The molecule has 0 bridgehead atoms. The van der Waals surface area contributed by atoms with Crippen molar-refractivity contribution in [3.05, 3.63) is 96.1 Å². The Morgan fingerprint density at radius 2 is 1.30 bits per heavy atom. The second-order valence-corrected chi connectivity index (χ2v) is 8.26. The van der Waals surface area contributed by atoms with Crippen molar-refractivity contribution < 1.29 is 9.59 Å². The van der Waals surface area contributed by atoms with Crippen molar-refractivity contribution in [1.29, 1.82) is 0 Å². The number of urea groups is 2. The Kier molecular flexibility index (Phi) is 7.25. The fraction of sp³-hybridized carbons (Fsp3) is 0.259. The van der Waals surface area contributed by atoms with Crippen LogP contribution in [0.15, 0.2) is 84.9 Å². The van der Waals surface area contributed by atoms with Crippen molar-refractivity contribution in [2.24, 2.45) is 0 Å². The molecule has 170 valence electrons. The van der Waals surface area contributed by atoms with E-state index in [1.54, 1.807) is 9.80 Å². The largest absolute Gasteiger partial charge is 0.334 e. The summed E-state index contributed by atoms with van der Waals surface area (Å²) in [5.41, 5.74) is 3.92. The number of carbonyl (C=O) groups excluding carboxylic acids is 2. The summed E-state index contributed by atoms with van der Waals surface area (Å²) in [7, 11) is 0. The molecule has 0 saturated carbocycles. The van der Waals surface area contributed by atoms with Crippen LogP contribution in [0.5, 0.6) is 0 Å². The predicted octanol–water partition coefficient (Wildman–Crippen LogP) is 5.17. The molecule has 4 amide bonds. The van der Waals surface area contributed by atoms with Crippen molar-refractivity contribution in [2.45, 2.75) is 19.9 Å². The Labute approximate surface area is 195 Å².